The highest BCUT2D eigenvalue weighted by atomic mass is 32.2. The second kappa shape index (κ2) is 7.64. The molecule has 0 bridgehead atoms. The van der Waals surface area contributed by atoms with Gasteiger partial charge in [-0.2, -0.15) is 0 Å². The lowest BCUT2D eigenvalue weighted by atomic mass is 10.00. The Labute approximate surface area is 147 Å². The third-order valence-electron chi connectivity index (χ3n) is 4.46. The van der Waals surface area contributed by atoms with E-state index in [4.69, 9.17) is 4.74 Å². The zero-order valence-corrected chi connectivity index (χ0v) is 15.0. The van der Waals surface area contributed by atoms with Crippen molar-refractivity contribution >= 4 is 9.84 Å². The number of benzene rings is 2. The van der Waals surface area contributed by atoms with Crippen LogP contribution in [-0.2, 0) is 21.2 Å². The summed E-state index contributed by atoms with van der Waals surface area (Å²) in [7, 11) is -3.23. The molecule has 1 saturated heterocycles. The molecule has 0 saturated carbocycles. The van der Waals surface area contributed by atoms with Gasteiger partial charge in [-0.1, -0.05) is 25.1 Å². The molecule has 0 radical (unpaired) electrons. The van der Waals surface area contributed by atoms with Crippen molar-refractivity contribution in [3.63, 3.8) is 0 Å². The van der Waals surface area contributed by atoms with Crippen LogP contribution in [0.1, 0.15) is 18.9 Å². The molecule has 25 heavy (non-hydrogen) atoms. The fraction of sp³-hybridized carbons (Fsp3) is 0.368. The fourth-order valence-electron chi connectivity index (χ4n) is 2.95. The van der Waals surface area contributed by atoms with E-state index < -0.39 is 9.84 Å². The maximum absolute atomic E-state index is 13.7. The highest BCUT2D eigenvalue weighted by molar-refractivity contribution is 7.91. The van der Waals surface area contributed by atoms with E-state index in [1.54, 1.807) is 37.3 Å². The molecule has 0 aromatic heterocycles. The van der Waals surface area contributed by atoms with Gasteiger partial charge in [-0.05, 0) is 53.9 Å². The maximum Gasteiger partial charge on any atom is 0.178 e. The molecule has 1 fully saturated rings. The Morgan fingerprint density at radius 2 is 1.96 bits per heavy atom. The average molecular weight is 363 g/mol. The highest BCUT2D eigenvalue weighted by Gasteiger charge is 2.17. The van der Waals surface area contributed by atoms with Crippen LogP contribution >= 0.6 is 0 Å². The quantitative estimate of drug-likeness (QED) is 0.857. The van der Waals surface area contributed by atoms with Crippen LogP contribution in [0.15, 0.2) is 47.4 Å². The molecule has 6 heteroatoms. The number of hydrogen-bond acceptors (Lipinski definition) is 4. The Hall–Kier alpha value is -1.76. The molecule has 0 amide bonds. The van der Waals surface area contributed by atoms with Crippen molar-refractivity contribution < 1.29 is 17.5 Å². The minimum absolute atomic E-state index is 0.0669. The topological polar surface area (TPSA) is 55.4 Å². The van der Waals surface area contributed by atoms with Gasteiger partial charge in [-0.15, -0.1) is 0 Å². The van der Waals surface area contributed by atoms with Gasteiger partial charge in [0.15, 0.2) is 9.84 Å². The molecule has 2 aromatic carbocycles. The molecule has 1 N–H and O–H groups in total. The van der Waals surface area contributed by atoms with E-state index >= 15 is 0 Å². The molecule has 0 aliphatic carbocycles. The number of rotatable bonds is 6. The van der Waals surface area contributed by atoms with Crippen molar-refractivity contribution in [2.75, 3.05) is 18.8 Å². The number of ether oxygens (including phenoxy) is 1. The summed E-state index contributed by atoms with van der Waals surface area (Å²) < 4.78 is 43.4. The summed E-state index contributed by atoms with van der Waals surface area (Å²) in [6.07, 6.45) is 1.10. The first-order chi connectivity index (χ1) is 12.0. The molecule has 1 aliphatic rings. The molecule has 4 nitrogen and oxygen atoms in total. The van der Waals surface area contributed by atoms with Crippen LogP contribution in [0.3, 0.4) is 0 Å². The van der Waals surface area contributed by atoms with E-state index in [9.17, 15) is 12.8 Å². The minimum atomic E-state index is -3.23. The van der Waals surface area contributed by atoms with E-state index in [0.29, 0.717) is 11.5 Å². The smallest absolute Gasteiger partial charge is 0.178 e. The monoisotopic (exact) mass is 363 g/mol. The van der Waals surface area contributed by atoms with Gasteiger partial charge in [0.25, 0.3) is 0 Å². The van der Waals surface area contributed by atoms with Gasteiger partial charge in [-0.3, -0.25) is 0 Å². The second-order valence-corrected chi connectivity index (χ2v) is 8.43. The number of halogens is 1. The van der Waals surface area contributed by atoms with Crippen molar-refractivity contribution in [1.82, 2.24) is 5.32 Å². The van der Waals surface area contributed by atoms with Crippen LogP contribution in [0.25, 0.3) is 11.1 Å². The Kier molecular flexibility index (Phi) is 5.51. The molecule has 1 atom stereocenters. The molecule has 0 spiro atoms. The summed E-state index contributed by atoms with van der Waals surface area (Å²) in [5.74, 6) is -0.241. The zero-order chi connectivity index (χ0) is 17.9. The van der Waals surface area contributed by atoms with Gasteiger partial charge in [0, 0.05) is 6.54 Å². The largest absolute Gasteiger partial charge is 0.372 e. The zero-order valence-electron chi connectivity index (χ0n) is 14.2. The number of hydrogen-bond donors (Lipinski definition) is 1. The van der Waals surface area contributed by atoms with Crippen molar-refractivity contribution in [1.29, 1.82) is 0 Å². The van der Waals surface area contributed by atoms with E-state index in [0.717, 1.165) is 36.2 Å². The molecule has 134 valence electrons. The molecule has 2 aromatic rings. The summed E-state index contributed by atoms with van der Waals surface area (Å²) in [6.45, 7) is 3.70. The van der Waals surface area contributed by atoms with Crippen LogP contribution in [0.2, 0.25) is 0 Å². The summed E-state index contributed by atoms with van der Waals surface area (Å²) in [4.78, 5) is 0.302. The lowest BCUT2D eigenvalue weighted by Crippen LogP contribution is -2.16. The third-order valence-corrected chi connectivity index (χ3v) is 6.21. The van der Waals surface area contributed by atoms with Crippen LogP contribution in [-0.4, -0.2) is 33.4 Å². The number of nitrogens with one attached hydrogen (secondary N) is 1. The predicted molar refractivity (Wildman–Crippen MR) is 95.6 cm³/mol. The second-order valence-electron chi connectivity index (χ2n) is 6.16. The summed E-state index contributed by atoms with van der Waals surface area (Å²) >= 11 is 0. The van der Waals surface area contributed by atoms with Gasteiger partial charge in [-0.25, -0.2) is 12.8 Å². The molecule has 1 heterocycles. The standard InChI is InChI=1S/C19H22FNO3S/c1-2-25(22,23)18-6-3-14(4-7-18)19-8-5-16(20)11-15(19)13-24-17-9-10-21-12-17/h3-8,11,17,21H,2,9-10,12-13H2,1H3/t17-/m0/s1. The van der Waals surface area contributed by atoms with E-state index in [1.165, 1.54) is 12.1 Å². The normalized spacial score (nSPS) is 17.8. The van der Waals surface area contributed by atoms with Gasteiger partial charge in [0.1, 0.15) is 5.82 Å². The van der Waals surface area contributed by atoms with Crippen molar-refractivity contribution in [2.24, 2.45) is 0 Å². The Morgan fingerprint density at radius 3 is 2.60 bits per heavy atom. The Morgan fingerprint density at radius 1 is 1.20 bits per heavy atom. The summed E-state index contributed by atoms with van der Waals surface area (Å²) in [5.41, 5.74) is 2.46. The molecule has 0 unspecified atom stereocenters. The first kappa shape index (κ1) is 18.0. The molecule has 1 aliphatic heterocycles. The lowest BCUT2D eigenvalue weighted by Gasteiger charge is -2.14. The van der Waals surface area contributed by atoms with Crippen LogP contribution in [0.4, 0.5) is 4.39 Å². The highest BCUT2D eigenvalue weighted by Crippen LogP contribution is 2.27. The maximum atomic E-state index is 13.7. The van der Waals surface area contributed by atoms with E-state index in [-0.39, 0.29) is 17.7 Å². The first-order valence-corrected chi connectivity index (χ1v) is 10.1. The van der Waals surface area contributed by atoms with E-state index in [2.05, 4.69) is 5.32 Å². The van der Waals surface area contributed by atoms with Crippen LogP contribution in [0, 0.1) is 5.82 Å². The molecular formula is C19H22FNO3S. The predicted octanol–water partition coefficient (Wildman–Crippen LogP) is 3.16. The molecular weight excluding hydrogens is 341 g/mol. The fourth-order valence-corrected chi connectivity index (χ4v) is 3.83. The first-order valence-electron chi connectivity index (χ1n) is 8.43. The third kappa shape index (κ3) is 4.26. The van der Waals surface area contributed by atoms with E-state index in [1.807, 2.05) is 0 Å². The minimum Gasteiger partial charge on any atom is -0.372 e. The van der Waals surface area contributed by atoms with Gasteiger partial charge < -0.3 is 10.1 Å². The summed E-state index contributed by atoms with van der Waals surface area (Å²) in [6, 6.07) is 11.3. The van der Waals surface area contributed by atoms with Gasteiger partial charge >= 0.3 is 0 Å². The molecule has 3 rings (SSSR count). The van der Waals surface area contributed by atoms with Gasteiger partial charge in [0.05, 0.1) is 23.4 Å². The SMILES string of the molecule is CCS(=O)(=O)c1ccc(-c2ccc(F)cc2CO[C@H]2CCNC2)cc1. The average Bonchev–Trinajstić information content (AvgIpc) is 3.14. The van der Waals surface area contributed by atoms with Crippen molar-refractivity contribution in [3.05, 3.63) is 53.8 Å². The van der Waals surface area contributed by atoms with Crippen molar-refractivity contribution in [3.8, 4) is 11.1 Å². The van der Waals surface area contributed by atoms with Gasteiger partial charge in [0.2, 0.25) is 0 Å². The number of sulfone groups is 1. The Balaban J connectivity index is 1.85. The summed E-state index contributed by atoms with van der Waals surface area (Å²) in [5, 5.41) is 3.24. The Bertz CT molecular complexity index is 828. The van der Waals surface area contributed by atoms with Crippen LogP contribution < -0.4 is 5.32 Å². The van der Waals surface area contributed by atoms with Crippen molar-refractivity contribution in [2.45, 2.75) is 31.0 Å². The lowest BCUT2D eigenvalue weighted by molar-refractivity contribution is 0.0543. The van der Waals surface area contributed by atoms with Crippen LogP contribution in [0.5, 0.6) is 0 Å².